The number of nitrogen functional groups attached to an aromatic ring is 1. The number of hydrazine groups is 1. The van der Waals surface area contributed by atoms with Gasteiger partial charge in [0.25, 0.3) is 0 Å². The van der Waals surface area contributed by atoms with E-state index in [1.807, 2.05) is 6.07 Å². The summed E-state index contributed by atoms with van der Waals surface area (Å²) in [5, 5.41) is 0. The lowest BCUT2D eigenvalue weighted by Crippen LogP contribution is -2.08. The van der Waals surface area contributed by atoms with Crippen molar-refractivity contribution in [2.45, 2.75) is 13.3 Å². The molecule has 0 radical (unpaired) electrons. The number of aryl methyl sites for hydroxylation is 1. The van der Waals surface area contributed by atoms with Crippen LogP contribution in [0.25, 0.3) is 6.08 Å². The van der Waals surface area contributed by atoms with Gasteiger partial charge in [0.2, 0.25) is 0 Å². The van der Waals surface area contributed by atoms with Gasteiger partial charge in [-0.15, -0.1) is 0 Å². The molecule has 1 aromatic carbocycles. The minimum absolute atomic E-state index is 0.919. The predicted molar refractivity (Wildman–Crippen MR) is 53.7 cm³/mol. The first-order chi connectivity index (χ1) is 5.81. The Morgan fingerprint density at radius 2 is 2.33 bits per heavy atom. The van der Waals surface area contributed by atoms with E-state index in [0.717, 1.165) is 17.7 Å². The predicted octanol–water partition coefficient (Wildman–Crippen LogP) is 2.18. The zero-order chi connectivity index (χ0) is 8.97. The molecule has 1 aromatic rings. The maximum atomic E-state index is 5.32. The first-order valence-electron chi connectivity index (χ1n) is 4.03. The van der Waals surface area contributed by atoms with Crippen molar-refractivity contribution < 1.29 is 0 Å². The second-order valence-corrected chi connectivity index (χ2v) is 2.62. The summed E-state index contributed by atoms with van der Waals surface area (Å²) in [6.07, 6.45) is 2.83. The highest BCUT2D eigenvalue weighted by Crippen LogP contribution is 2.17. The third kappa shape index (κ3) is 1.66. The van der Waals surface area contributed by atoms with Gasteiger partial charge in [-0.2, -0.15) is 0 Å². The number of nitrogens with two attached hydrogens (primary N) is 1. The topological polar surface area (TPSA) is 38.0 Å². The van der Waals surface area contributed by atoms with Gasteiger partial charge >= 0.3 is 0 Å². The highest BCUT2D eigenvalue weighted by Gasteiger charge is 1.97. The molecule has 0 saturated heterocycles. The number of hydrogen-bond donors (Lipinski definition) is 2. The summed E-state index contributed by atoms with van der Waals surface area (Å²) in [6, 6.07) is 6.11. The van der Waals surface area contributed by atoms with Gasteiger partial charge in [-0.3, -0.25) is 5.84 Å². The van der Waals surface area contributed by atoms with Crippen molar-refractivity contribution in [2.75, 3.05) is 5.43 Å². The molecular formula is C10H14N2. The normalized spacial score (nSPS) is 9.50. The number of rotatable bonds is 3. The fourth-order valence-corrected chi connectivity index (χ4v) is 1.13. The molecule has 0 amide bonds. The molecule has 0 heterocycles. The molecule has 1 rings (SSSR count). The third-order valence-electron chi connectivity index (χ3n) is 1.90. The molecule has 0 spiro atoms. The smallest absolute Gasteiger partial charge is 0.0557 e. The van der Waals surface area contributed by atoms with Gasteiger partial charge < -0.3 is 5.43 Å². The maximum absolute atomic E-state index is 5.32. The molecule has 3 N–H and O–H groups in total. The van der Waals surface area contributed by atoms with E-state index in [4.69, 9.17) is 5.84 Å². The van der Waals surface area contributed by atoms with Crippen LogP contribution in [0.15, 0.2) is 24.8 Å². The molecule has 0 aliphatic rings. The number of hydrogen-bond acceptors (Lipinski definition) is 2. The molecule has 0 fully saturated rings. The molecule has 0 atom stereocenters. The van der Waals surface area contributed by atoms with Gasteiger partial charge in [0.15, 0.2) is 0 Å². The van der Waals surface area contributed by atoms with Gasteiger partial charge in [0.1, 0.15) is 0 Å². The molecule has 0 saturated carbocycles. The van der Waals surface area contributed by atoms with E-state index in [1.54, 1.807) is 6.08 Å². The van der Waals surface area contributed by atoms with Crippen molar-refractivity contribution in [3.63, 3.8) is 0 Å². The molecule has 0 bridgehead atoms. The second-order valence-electron chi connectivity index (χ2n) is 2.62. The zero-order valence-corrected chi connectivity index (χ0v) is 7.30. The summed E-state index contributed by atoms with van der Waals surface area (Å²) in [4.78, 5) is 0. The molecule has 0 aliphatic carbocycles. The SMILES string of the molecule is C=Cc1cc(CC)ccc1NN. The van der Waals surface area contributed by atoms with Crippen LogP contribution >= 0.6 is 0 Å². The van der Waals surface area contributed by atoms with Gasteiger partial charge in [-0.05, 0) is 29.7 Å². The maximum Gasteiger partial charge on any atom is 0.0557 e. The average Bonchev–Trinajstić information content (AvgIpc) is 2.16. The molecule has 64 valence electrons. The van der Waals surface area contributed by atoms with Crippen molar-refractivity contribution in [1.82, 2.24) is 0 Å². The fraction of sp³-hybridized carbons (Fsp3) is 0.200. The summed E-state index contributed by atoms with van der Waals surface area (Å²) in [7, 11) is 0. The summed E-state index contributed by atoms with van der Waals surface area (Å²) < 4.78 is 0. The van der Waals surface area contributed by atoms with Crippen LogP contribution in [0.3, 0.4) is 0 Å². The number of nitrogens with one attached hydrogen (secondary N) is 1. The van der Waals surface area contributed by atoms with E-state index in [-0.39, 0.29) is 0 Å². The highest BCUT2D eigenvalue weighted by molar-refractivity contribution is 5.65. The Morgan fingerprint density at radius 3 is 2.83 bits per heavy atom. The summed E-state index contributed by atoms with van der Waals surface area (Å²) in [6.45, 7) is 5.84. The van der Waals surface area contributed by atoms with E-state index in [9.17, 15) is 0 Å². The van der Waals surface area contributed by atoms with E-state index in [0.29, 0.717) is 0 Å². The molecule has 12 heavy (non-hydrogen) atoms. The van der Waals surface area contributed by atoms with E-state index in [1.165, 1.54) is 5.56 Å². The minimum Gasteiger partial charge on any atom is -0.324 e. The number of benzene rings is 1. The number of anilines is 1. The molecule has 2 heteroatoms. The van der Waals surface area contributed by atoms with Gasteiger partial charge in [0, 0.05) is 0 Å². The Morgan fingerprint density at radius 1 is 1.58 bits per heavy atom. The molecule has 0 unspecified atom stereocenters. The lowest BCUT2D eigenvalue weighted by molar-refractivity contribution is 1.14. The minimum atomic E-state index is 0.919. The van der Waals surface area contributed by atoms with Gasteiger partial charge in [-0.1, -0.05) is 25.6 Å². The Balaban J connectivity index is 3.10. The van der Waals surface area contributed by atoms with Crippen LogP contribution < -0.4 is 11.3 Å². The largest absolute Gasteiger partial charge is 0.324 e. The summed E-state index contributed by atoms with van der Waals surface area (Å²) in [5.74, 6) is 5.32. The van der Waals surface area contributed by atoms with Crippen LogP contribution in [0, 0.1) is 0 Å². The Kier molecular flexibility index (Phi) is 2.88. The van der Waals surface area contributed by atoms with Crippen LogP contribution in [-0.2, 0) is 6.42 Å². The van der Waals surface area contributed by atoms with E-state index >= 15 is 0 Å². The monoisotopic (exact) mass is 162 g/mol. The Hall–Kier alpha value is -1.28. The van der Waals surface area contributed by atoms with E-state index < -0.39 is 0 Å². The Labute approximate surface area is 73.1 Å². The van der Waals surface area contributed by atoms with Crippen LogP contribution in [0.5, 0.6) is 0 Å². The second kappa shape index (κ2) is 3.93. The molecule has 0 aromatic heterocycles. The first kappa shape index (κ1) is 8.81. The van der Waals surface area contributed by atoms with Gasteiger partial charge in [0.05, 0.1) is 5.69 Å². The van der Waals surface area contributed by atoms with Crippen molar-refractivity contribution >= 4 is 11.8 Å². The van der Waals surface area contributed by atoms with Crippen molar-refractivity contribution in [3.8, 4) is 0 Å². The zero-order valence-electron chi connectivity index (χ0n) is 7.30. The quantitative estimate of drug-likeness (QED) is 0.528. The standard InChI is InChI=1S/C10H14N2/c1-3-8-5-6-10(12-11)9(4-2)7-8/h4-7,12H,2-3,11H2,1H3. The fourth-order valence-electron chi connectivity index (χ4n) is 1.13. The average molecular weight is 162 g/mol. The lowest BCUT2D eigenvalue weighted by Gasteiger charge is -2.06. The third-order valence-corrected chi connectivity index (χ3v) is 1.90. The summed E-state index contributed by atoms with van der Waals surface area (Å²) >= 11 is 0. The molecule has 2 nitrogen and oxygen atoms in total. The summed E-state index contributed by atoms with van der Waals surface area (Å²) in [5.41, 5.74) is 5.89. The molecule has 0 aliphatic heterocycles. The lowest BCUT2D eigenvalue weighted by atomic mass is 10.1. The van der Waals surface area contributed by atoms with Gasteiger partial charge in [-0.25, -0.2) is 0 Å². The van der Waals surface area contributed by atoms with Crippen molar-refractivity contribution in [3.05, 3.63) is 35.9 Å². The highest BCUT2D eigenvalue weighted by atomic mass is 15.2. The first-order valence-corrected chi connectivity index (χ1v) is 4.03. The van der Waals surface area contributed by atoms with Crippen LogP contribution in [-0.4, -0.2) is 0 Å². The van der Waals surface area contributed by atoms with Crippen LogP contribution in [0.1, 0.15) is 18.1 Å². The van der Waals surface area contributed by atoms with E-state index in [2.05, 4.69) is 31.1 Å². The van der Waals surface area contributed by atoms with Crippen LogP contribution in [0.2, 0.25) is 0 Å². The molecular weight excluding hydrogens is 148 g/mol. The van der Waals surface area contributed by atoms with Crippen molar-refractivity contribution in [2.24, 2.45) is 5.84 Å². The van der Waals surface area contributed by atoms with Crippen molar-refractivity contribution in [1.29, 1.82) is 0 Å². The van der Waals surface area contributed by atoms with Crippen LogP contribution in [0.4, 0.5) is 5.69 Å². The Bertz CT molecular complexity index is 279.